The Morgan fingerprint density at radius 3 is 1.78 bits per heavy atom. The van der Waals surface area contributed by atoms with Gasteiger partial charge in [0.05, 0.1) is 0 Å². The third kappa shape index (κ3) is 5.44. The van der Waals surface area contributed by atoms with Crippen molar-refractivity contribution < 1.29 is 33.3 Å². The van der Waals surface area contributed by atoms with E-state index >= 15 is 0 Å². The van der Waals surface area contributed by atoms with Crippen LogP contribution >= 0.6 is 0 Å². The molecule has 8 heteroatoms. The Bertz CT molecular complexity index is 1220. The molecule has 1 heterocycles. The zero-order chi connectivity index (χ0) is 25.5. The Hall–Kier alpha value is -4.04. The molecule has 0 spiro atoms. The van der Waals surface area contributed by atoms with Gasteiger partial charge < -0.3 is 0 Å². The molecule has 4 rings (SSSR count). The fourth-order valence-electron chi connectivity index (χ4n) is 4.01. The van der Waals surface area contributed by atoms with Crippen molar-refractivity contribution in [3.63, 3.8) is 0 Å². The topological polar surface area (TPSA) is 88.1 Å². The molecule has 0 bridgehead atoms. The van der Waals surface area contributed by atoms with E-state index in [0.29, 0.717) is 16.7 Å². The van der Waals surface area contributed by atoms with Gasteiger partial charge in [0.15, 0.2) is 0 Å². The SMILES string of the molecule is [B]=C[C@@H]1[C@@H](COC(=O)c2ccccc2)O[C@@H](OC(=O)c2ccccc2)[C@]1(C)OC(=O)c1ccccc1. The van der Waals surface area contributed by atoms with E-state index in [2.05, 4.69) is 0 Å². The first-order valence-electron chi connectivity index (χ1n) is 11.4. The number of carbonyl (C=O) groups is 3. The second-order valence-corrected chi connectivity index (χ2v) is 8.40. The number of benzene rings is 3. The van der Waals surface area contributed by atoms with Gasteiger partial charge in [0.1, 0.15) is 0 Å². The summed E-state index contributed by atoms with van der Waals surface area (Å²) in [5, 5.41) is 0. The van der Waals surface area contributed by atoms with Crippen LogP contribution in [0.4, 0.5) is 0 Å². The molecule has 36 heavy (non-hydrogen) atoms. The summed E-state index contributed by atoms with van der Waals surface area (Å²) in [7, 11) is 5.96. The van der Waals surface area contributed by atoms with E-state index in [-0.39, 0.29) is 6.61 Å². The van der Waals surface area contributed by atoms with Crippen LogP contribution in [0.15, 0.2) is 91.0 Å². The first-order valence-corrected chi connectivity index (χ1v) is 11.4. The van der Waals surface area contributed by atoms with Crippen molar-refractivity contribution in [3.05, 3.63) is 108 Å². The van der Waals surface area contributed by atoms with Crippen molar-refractivity contribution in [2.24, 2.45) is 5.92 Å². The fraction of sp³-hybridized carbons (Fsp3) is 0.214. The van der Waals surface area contributed by atoms with Crippen LogP contribution in [-0.4, -0.2) is 56.0 Å². The molecule has 0 aromatic heterocycles. The molecule has 0 saturated carbocycles. The van der Waals surface area contributed by atoms with Crippen molar-refractivity contribution in [1.82, 2.24) is 0 Å². The predicted octanol–water partition coefficient (Wildman–Crippen LogP) is 3.63. The molecule has 0 aliphatic carbocycles. The standard InChI is InChI=1S/C28H24BO7/c1-28(36-26(32)21-15-9-4-10-16-21)22(17-29)23(18-33-24(30)19-11-5-2-6-12-19)34-27(28)35-25(31)20-13-7-3-8-14-20/h2-17,22-23,27H,18H2,1H3/t22-,23-,27+,28-/m1/s1. The molecule has 7 nitrogen and oxygen atoms in total. The van der Waals surface area contributed by atoms with Crippen LogP contribution in [0.2, 0.25) is 0 Å². The summed E-state index contributed by atoms with van der Waals surface area (Å²) in [5.74, 6) is -1.32. The van der Waals surface area contributed by atoms with Crippen molar-refractivity contribution in [3.8, 4) is 0 Å². The van der Waals surface area contributed by atoms with E-state index in [1.165, 1.54) is 5.97 Å². The molecule has 0 N–H and O–H groups in total. The molecule has 0 unspecified atom stereocenters. The molecule has 181 valence electrons. The maximum atomic E-state index is 13.0. The summed E-state index contributed by atoms with van der Waals surface area (Å²) in [4.78, 5) is 38.3. The van der Waals surface area contributed by atoms with Gasteiger partial charge in [-0.15, -0.1) is 0 Å². The Labute approximate surface area is 210 Å². The predicted molar refractivity (Wildman–Crippen MR) is 133 cm³/mol. The second-order valence-electron chi connectivity index (χ2n) is 8.40. The van der Waals surface area contributed by atoms with E-state index in [0.717, 1.165) is 0 Å². The van der Waals surface area contributed by atoms with Crippen LogP contribution in [0.25, 0.3) is 0 Å². The summed E-state index contributed by atoms with van der Waals surface area (Å²) in [5.41, 5.74) is -0.531. The second kappa shape index (κ2) is 11.1. The van der Waals surface area contributed by atoms with Gasteiger partial charge in [-0.25, -0.2) is 0 Å². The number of ether oxygens (including phenoxy) is 4. The van der Waals surface area contributed by atoms with Crippen molar-refractivity contribution in [1.29, 1.82) is 0 Å². The summed E-state index contributed by atoms with van der Waals surface area (Å²) >= 11 is 0. The number of rotatable bonds is 8. The molecular weight excluding hydrogens is 459 g/mol. The van der Waals surface area contributed by atoms with Gasteiger partial charge >= 0.3 is 210 Å². The summed E-state index contributed by atoms with van der Waals surface area (Å²) in [6, 6.07) is 25.2. The zero-order valence-corrected chi connectivity index (χ0v) is 19.6. The van der Waals surface area contributed by atoms with E-state index in [1.54, 1.807) is 97.9 Å². The van der Waals surface area contributed by atoms with Gasteiger partial charge in [-0.05, 0) is 0 Å². The molecule has 1 aliphatic heterocycles. The van der Waals surface area contributed by atoms with E-state index in [4.69, 9.17) is 26.4 Å². The van der Waals surface area contributed by atoms with Crippen LogP contribution in [-0.2, 0) is 18.9 Å². The average Bonchev–Trinajstić information content (AvgIpc) is 3.18. The van der Waals surface area contributed by atoms with Crippen molar-refractivity contribution in [2.45, 2.75) is 24.9 Å². The third-order valence-electron chi connectivity index (χ3n) is 5.97. The molecule has 3 aromatic carbocycles. The van der Waals surface area contributed by atoms with Crippen molar-refractivity contribution >= 4 is 31.4 Å². The molecular formula is C28H24BO7. The molecule has 1 aliphatic rings. The van der Waals surface area contributed by atoms with Crippen LogP contribution in [0, 0.1) is 5.92 Å². The minimum absolute atomic E-state index is 0.204. The van der Waals surface area contributed by atoms with Crippen LogP contribution in [0.3, 0.4) is 0 Å². The van der Waals surface area contributed by atoms with Gasteiger partial charge in [0.2, 0.25) is 0 Å². The molecule has 1 fully saturated rings. The van der Waals surface area contributed by atoms with Crippen molar-refractivity contribution in [2.75, 3.05) is 6.61 Å². The van der Waals surface area contributed by atoms with Gasteiger partial charge in [-0.1, -0.05) is 0 Å². The zero-order valence-electron chi connectivity index (χ0n) is 19.6. The van der Waals surface area contributed by atoms with Crippen LogP contribution in [0.5, 0.6) is 0 Å². The summed E-state index contributed by atoms with van der Waals surface area (Å²) in [6.45, 7) is 1.37. The molecule has 1 radical (unpaired) electrons. The Morgan fingerprint density at radius 1 is 0.806 bits per heavy atom. The normalized spacial score (nSPS) is 22.8. The minimum atomic E-state index is -1.50. The Balaban J connectivity index is 1.57. The molecule has 1 saturated heterocycles. The molecule has 0 amide bonds. The third-order valence-corrected chi connectivity index (χ3v) is 5.97. The van der Waals surface area contributed by atoms with Crippen LogP contribution < -0.4 is 0 Å². The Kier molecular flexibility index (Phi) is 7.76. The maximum absolute atomic E-state index is 13.0. The monoisotopic (exact) mass is 483 g/mol. The van der Waals surface area contributed by atoms with Gasteiger partial charge in [0, 0.05) is 0 Å². The number of esters is 3. The first-order chi connectivity index (χ1) is 17.4. The molecule has 3 aromatic rings. The van der Waals surface area contributed by atoms with Gasteiger partial charge in [0.25, 0.3) is 0 Å². The first kappa shape index (κ1) is 25.1. The average molecular weight is 483 g/mol. The van der Waals surface area contributed by atoms with E-state index in [1.807, 2.05) is 0 Å². The Morgan fingerprint density at radius 2 is 1.28 bits per heavy atom. The molecule has 4 atom stereocenters. The number of carbonyl (C=O) groups excluding carboxylic acids is 3. The van der Waals surface area contributed by atoms with Crippen LogP contribution in [0.1, 0.15) is 38.0 Å². The van der Waals surface area contributed by atoms with Gasteiger partial charge in [-0.2, -0.15) is 0 Å². The number of hydrogen-bond donors (Lipinski definition) is 0. The fourth-order valence-corrected chi connectivity index (χ4v) is 4.01. The summed E-state index contributed by atoms with van der Waals surface area (Å²) < 4.78 is 22.9. The van der Waals surface area contributed by atoms with Gasteiger partial charge in [-0.3, -0.25) is 0 Å². The van der Waals surface area contributed by atoms with E-state index < -0.39 is 41.8 Å². The number of hydrogen-bond acceptors (Lipinski definition) is 7. The van der Waals surface area contributed by atoms with E-state index in [9.17, 15) is 14.4 Å². The summed E-state index contributed by atoms with van der Waals surface area (Å²) in [6.07, 6.45) is -2.16. The quantitative estimate of drug-likeness (QED) is 0.275.